The third-order valence-corrected chi connectivity index (χ3v) is 1.27. The zero-order chi connectivity index (χ0) is 7.56. The van der Waals surface area contributed by atoms with Gasteiger partial charge in [0.2, 0.25) is 0 Å². The van der Waals surface area contributed by atoms with E-state index in [0.717, 1.165) is 5.56 Å². The van der Waals surface area contributed by atoms with Gasteiger partial charge in [0.05, 0.1) is 11.9 Å². The second-order valence-electron chi connectivity index (χ2n) is 2.09. The Balaban J connectivity index is 2.95. The predicted molar refractivity (Wildman–Crippen MR) is 37.2 cm³/mol. The smallest absolute Gasteiger partial charge is 0.0868 e. The van der Waals surface area contributed by atoms with Crippen LogP contribution in [0.5, 0.6) is 0 Å². The monoisotopic (exact) mass is 139 g/mol. The minimum atomic E-state index is 0.577. The maximum absolute atomic E-state index is 8.35. The van der Waals surface area contributed by atoms with Crippen molar-refractivity contribution in [3.05, 3.63) is 18.0 Å². The van der Waals surface area contributed by atoms with E-state index in [1.807, 2.05) is 7.05 Å². The van der Waals surface area contributed by atoms with Gasteiger partial charge in [-0.3, -0.25) is 4.68 Å². The molecule has 0 bridgehead atoms. The van der Waals surface area contributed by atoms with Crippen molar-refractivity contribution in [3.63, 3.8) is 0 Å². The van der Waals surface area contributed by atoms with E-state index in [1.165, 1.54) is 0 Å². The van der Waals surface area contributed by atoms with Gasteiger partial charge in [-0.2, -0.15) is 5.10 Å². The Morgan fingerprint density at radius 2 is 2.50 bits per heavy atom. The normalized spacial score (nSPS) is 12.0. The SMILES string of the molecule is CC(=NO)c1cnn(C)c1. The zero-order valence-corrected chi connectivity index (χ0v) is 5.94. The fraction of sp³-hybridized carbons (Fsp3) is 0.333. The molecule has 0 fully saturated rings. The predicted octanol–water partition coefficient (Wildman–Crippen LogP) is 0.618. The summed E-state index contributed by atoms with van der Waals surface area (Å²) in [6, 6.07) is 0. The minimum Gasteiger partial charge on any atom is -0.411 e. The van der Waals surface area contributed by atoms with Crippen LogP contribution in [0.4, 0.5) is 0 Å². The molecule has 1 heterocycles. The lowest BCUT2D eigenvalue weighted by atomic mass is 10.2. The molecular weight excluding hydrogens is 130 g/mol. The average Bonchev–Trinajstić information content (AvgIpc) is 2.34. The molecule has 1 rings (SSSR count). The molecule has 4 heteroatoms. The molecule has 4 nitrogen and oxygen atoms in total. The molecule has 0 amide bonds. The number of aromatic nitrogens is 2. The van der Waals surface area contributed by atoms with Gasteiger partial charge in [0.15, 0.2) is 0 Å². The molecule has 0 spiro atoms. The Morgan fingerprint density at radius 3 is 2.90 bits per heavy atom. The molecule has 0 aliphatic carbocycles. The van der Waals surface area contributed by atoms with Crippen molar-refractivity contribution in [1.29, 1.82) is 0 Å². The van der Waals surface area contributed by atoms with Crippen molar-refractivity contribution in [3.8, 4) is 0 Å². The third kappa shape index (κ3) is 1.15. The summed E-state index contributed by atoms with van der Waals surface area (Å²) >= 11 is 0. The van der Waals surface area contributed by atoms with Crippen LogP contribution in [0.1, 0.15) is 12.5 Å². The molecule has 1 aromatic rings. The lowest BCUT2D eigenvalue weighted by Gasteiger charge is -1.87. The third-order valence-electron chi connectivity index (χ3n) is 1.27. The summed E-state index contributed by atoms with van der Waals surface area (Å²) in [5, 5.41) is 15.3. The van der Waals surface area contributed by atoms with Gasteiger partial charge in [-0.25, -0.2) is 0 Å². The molecular formula is C6H9N3O. The van der Waals surface area contributed by atoms with Crippen LogP contribution in [-0.2, 0) is 7.05 Å². The highest BCUT2D eigenvalue weighted by Gasteiger charge is 1.98. The second-order valence-corrected chi connectivity index (χ2v) is 2.09. The van der Waals surface area contributed by atoms with Crippen LogP contribution in [-0.4, -0.2) is 20.7 Å². The van der Waals surface area contributed by atoms with E-state index >= 15 is 0 Å². The van der Waals surface area contributed by atoms with Gasteiger partial charge in [-0.05, 0) is 6.92 Å². The van der Waals surface area contributed by atoms with Crippen molar-refractivity contribution >= 4 is 5.71 Å². The van der Waals surface area contributed by atoms with Crippen molar-refractivity contribution in [2.75, 3.05) is 0 Å². The van der Waals surface area contributed by atoms with Crippen LogP contribution in [0.2, 0.25) is 0 Å². The molecule has 1 aromatic heterocycles. The fourth-order valence-electron chi connectivity index (χ4n) is 0.666. The van der Waals surface area contributed by atoms with Gasteiger partial charge < -0.3 is 5.21 Å². The lowest BCUT2D eigenvalue weighted by molar-refractivity contribution is 0.319. The molecule has 0 aromatic carbocycles. The largest absolute Gasteiger partial charge is 0.411 e. The van der Waals surface area contributed by atoms with Gasteiger partial charge in [0.1, 0.15) is 0 Å². The molecule has 10 heavy (non-hydrogen) atoms. The van der Waals surface area contributed by atoms with Gasteiger partial charge >= 0.3 is 0 Å². The summed E-state index contributed by atoms with van der Waals surface area (Å²) in [6.45, 7) is 1.72. The van der Waals surface area contributed by atoms with Crippen molar-refractivity contribution in [1.82, 2.24) is 9.78 Å². The highest BCUT2D eigenvalue weighted by atomic mass is 16.4. The molecule has 0 atom stereocenters. The van der Waals surface area contributed by atoms with Crippen LogP contribution in [0.25, 0.3) is 0 Å². The molecule has 54 valence electrons. The van der Waals surface area contributed by atoms with Gasteiger partial charge in [-0.15, -0.1) is 0 Å². The van der Waals surface area contributed by atoms with Gasteiger partial charge in [0, 0.05) is 18.8 Å². The number of hydrogen-bond acceptors (Lipinski definition) is 3. The first-order valence-electron chi connectivity index (χ1n) is 2.91. The number of oxime groups is 1. The van der Waals surface area contributed by atoms with Crippen LogP contribution in [0.15, 0.2) is 17.5 Å². The van der Waals surface area contributed by atoms with E-state index in [9.17, 15) is 0 Å². The van der Waals surface area contributed by atoms with Gasteiger partial charge in [-0.1, -0.05) is 5.16 Å². The zero-order valence-electron chi connectivity index (χ0n) is 5.94. The van der Waals surface area contributed by atoms with E-state index in [-0.39, 0.29) is 0 Å². The highest BCUT2D eigenvalue weighted by Crippen LogP contribution is 1.97. The van der Waals surface area contributed by atoms with E-state index in [4.69, 9.17) is 5.21 Å². The first-order chi connectivity index (χ1) is 4.74. The minimum absolute atomic E-state index is 0.577. The average molecular weight is 139 g/mol. The summed E-state index contributed by atoms with van der Waals surface area (Å²) < 4.78 is 1.66. The summed E-state index contributed by atoms with van der Waals surface area (Å²) in [5.74, 6) is 0. The number of aryl methyl sites for hydroxylation is 1. The number of rotatable bonds is 1. The van der Waals surface area contributed by atoms with Crippen molar-refractivity contribution < 1.29 is 5.21 Å². The van der Waals surface area contributed by atoms with E-state index in [0.29, 0.717) is 5.71 Å². The summed E-state index contributed by atoms with van der Waals surface area (Å²) in [6.07, 6.45) is 3.43. The summed E-state index contributed by atoms with van der Waals surface area (Å²) in [5.41, 5.74) is 1.41. The van der Waals surface area contributed by atoms with Crippen LogP contribution in [0.3, 0.4) is 0 Å². The second kappa shape index (κ2) is 2.51. The maximum atomic E-state index is 8.35. The van der Waals surface area contributed by atoms with Crippen molar-refractivity contribution in [2.45, 2.75) is 6.92 Å². The Labute approximate surface area is 58.8 Å². The van der Waals surface area contributed by atoms with E-state index in [1.54, 1.807) is 24.0 Å². The summed E-state index contributed by atoms with van der Waals surface area (Å²) in [4.78, 5) is 0. The van der Waals surface area contributed by atoms with E-state index in [2.05, 4.69) is 10.3 Å². The molecule has 1 N–H and O–H groups in total. The molecule has 0 saturated carbocycles. The molecule has 0 radical (unpaired) electrons. The quantitative estimate of drug-likeness (QED) is 0.352. The standard InChI is InChI=1S/C6H9N3O/c1-5(8-10)6-3-7-9(2)4-6/h3-4,10H,1-2H3. The molecule has 0 aliphatic rings. The lowest BCUT2D eigenvalue weighted by Crippen LogP contribution is -1.91. The van der Waals surface area contributed by atoms with Gasteiger partial charge in [0.25, 0.3) is 0 Å². The Morgan fingerprint density at radius 1 is 1.80 bits per heavy atom. The Bertz CT molecular complexity index is 251. The molecule has 0 saturated heterocycles. The van der Waals surface area contributed by atoms with Crippen LogP contribution >= 0.6 is 0 Å². The van der Waals surface area contributed by atoms with E-state index < -0.39 is 0 Å². The fourth-order valence-corrected chi connectivity index (χ4v) is 0.666. The highest BCUT2D eigenvalue weighted by molar-refractivity contribution is 5.97. The maximum Gasteiger partial charge on any atom is 0.0868 e. The Hall–Kier alpha value is -1.32. The van der Waals surface area contributed by atoms with Crippen molar-refractivity contribution in [2.24, 2.45) is 12.2 Å². The molecule has 0 unspecified atom stereocenters. The Kier molecular flexibility index (Phi) is 1.71. The first kappa shape index (κ1) is 6.80. The number of nitrogens with zero attached hydrogens (tertiary/aromatic N) is 3. The summed E-state index contributed by atoms with van der Waals surface area (Å²) in [7, 11) is 1.81. The molecule has 0 aliphatic heterocycles. The topological polar surface area (TPSA) is 50.4 Å². The first-order valence-corrected chi connectivity index (χ1v) is 2.91. The van der Waals surface area contributed by atoms with Crippen LogP contribution < -0.4 is 0 Å². The van der Waals surface area contributed by atoms with Crippen LogP contribution in [0, 0.1) is 0 Å². The number of hydrogen-bond donors (Lipinski definition) is 1.